The number of carbonyl (C=O) groups excluding carboxylic acids is 1. The number of aromatic amines is 1. The number of rotatable bonds is 1. The number of anilines is 2. The third kappa shape index (κ3) is 2.27. The van der Waals surface area contributed by atoms with Crippen LogP contribution >= 0.6 is 15.9 Å². The van der Waals surface area contributed by atoms with Gasteiger partial charge in [-0.15, -0.1) is 5.10 Å². The van der Waals surface area contributed by atoms with Gasteiger partial charge in [0.25, 0.3) is 5.91 Å². The van der Waals surface area contributed by atoms with Crippen LogP contribution in [0.15, 0.2) is 51.7 Å². The molecule has 9 nitrogen and oxygen atoms in total. The molecule has 0 bridgehead atoms. The van der Waals surface area contributed by atoms with Crippen LogP contribution in [0.5, 0.6) is 0 Å². The van der Waals surface area contributed by atoms with Crippen LogP contribution in [0.3, 0.4) is 0 Å². The SMILES string of the molecule is O=C1Nc2c(Br)cccc2/C1=C1/Nc2ccc(-c3nnn[nH]3)cc2/C1=N\O. The first-order valence-corrected chi connectivity index (χ1v) is 8.69. The zero-order valence-corrected chi connectivity index (χ0v) is 15.1. The number of tetrazole rings is 1. The van der Waals surface area contributed by atoms with Gasteiger partial charge in [0.05, 0.1) is 17.0 Å². The third-order valence-corrected chi connectivity index (χ3v) is 5.15. The maximum atomic E-state index is 12.6. The molecule has 0 saturated carbocycles. The van der Waals surface area contributed by atoms with Crippen molar-refractivity contribution in [2.45, 2.75) is 0 Å². The van der Waals surface area contributed by atoms with Crippen molar-refractivity contribution in [1.29, 1.82) is 0 Å². The number of hydrogen-bond acceptors (Lipinski definition) is 7. The number of hydrogen-bond donors (Lipinski definition) is 4. The fourth-order valence-corrected chi connectivity index (χ4v) is 3.76. The van der Waals surface area contributed by atoms with Gasteiger partial charge in [0.15, 0.2) is 5.82 Å². The van der Waals surface area contributed by atoms with E-state index in [9.17, 15) is 10.0 Å². The van der Waals surface area contributed by atoms with E-state index < -0.39 is 0 Å². The number of oxime groups is 1. The summed E-state index contributed by atoms with van der Waals surface area (Å²) in [6.07, 6.45) is 0. The zero-order valence-electron chi connectivity index (χ0n) is 13.5. The second-order valence-electron chi connectivity index (χ2n) is 5.95. The number of benzene rings is 2. The summed E-state index contributed by atoms with van der Waals surface area (Å²) in [5, 5.41) is 32.9. The fourth-order valence-electron chi connectivity index (χ4n) is 3.30. The van der Waals surface area contributed by atoms with Crippen LogP contribution in [-0.2, 0) is 4.79 Å². The average molecular weight is 424 g/mol. The van der Waals surface area contributed by atoms with E-state index in [2.05, 4.69) is 52.3 Å². The normalized spacial score (nSPS) is 19.0. The van der Waals surface area contributed by atoms with Crippen LogP contribution in [0.1, 0.15) is 11.1 Å². The molecule has 0 saturated heterocycles. The molecule has 27 heavy (non-hydrogen) atoms. The van der Waals surface area contributed by atoms with Crippen molar-refractivity contribution in [1.82, 2.24) is 20.6 Å². The van der Waals surface area contributed by atoms with E-state index in [-0.39, 0.29) is 11.6 Å². The average Bonchev–Trinajstić information content (AvgIpc) is 3.37. The highest BCUT2D eigenvalue weighted by molar-refractivity contribution is 9.10. The van der Waals surface area contributed by atoms with Gasteiger partial charge in [-0.25, -0.2) is 5.10 Å². The van der Waals surface area contributed by atoms with Gasteiger partial charge in [-0.3, -0.25) is 4.79 Å². The molecule has 2 aliphatic rings. The number of fused-ring (bicyclic) bond motifs is 2. The van der Waals surface area contributed by atoms with Gasteiger partial charge in [-0.05, 0) is 50.6 Å². The predicted molar refractivity (Wildman–Crippen MR) is 101 cm³/mol. The smallest absolute Gasteiger partial charge is 0.258 e. The Labute approximate surface area is 160 Å². The number of allylic oxidation sites excluding steroid dienone is 1. The Kier molecular flexibility index (Phi) is 3.34. The monoisotopic (exact) mass is 423 g/mol. The molecule has 0 aliphatic carbocycles. The molecule has 0 fully saturated rings. The molecule has 4 N–H and O–H groups in total. The maximum absolute atomic E-state index is 12.6. The predicted octanol–water partition coefficient (Wildman–Crippen LogP) is 2.60. The molecule has 3 heterocycles. The molecular weight excluding hydrogens is 414 g/mol. The van der Waals surface area contributed by atoms with Gasteiger partial charge >= 0.3 is 0 Å². The van der Waals surface area contributed by atoms with Gasteiger partial charge in [0.2, 0.25) is 0 Å². The highest BCUT2D eigenvalue weighted by atomic mass is 79.9. The minimum Gasteiger partial charge on any atom is -0.410 e. The van der Waals surface area contributed by atoms with Crippen molar-refractivity contribution in [2.75, 3.05) is 10.6 Å². The molecule has 0 atom stereocenters. The van der Waals surface area contributed by atoms with Gasteiger partial charge in [0, 0.05) is 26.9 Å². The Morgan fingerprint density at radius 3 is 2.78 bits per heavy atom. The molecule has 0 radical (unpaired) electrons. The van der Waals surface area contributed by atoms with Crippen molar-refractivity contribution >= 4 is 44.5 Å². The largest absolute Gasteiger partial charge is 0.410 e. The molecule has 5 rings (SSSR count). The number of nitrogens with one attached hydrogen (secondary N) is 3. The summed E-state index contributed by atoms with van der Waals surface area (Å²) >= 11 is 3.44. The van der Waals surface area contributed by atoms with Crippen molar-refractivity contribution < 1.29 is 10.0 Å². The standard InChI is InChI=1S/C17H10BrN7O2/c18-10-3-1-2-8-12(17(26)20-13(8)10)15-14(23-27)9-6-7(4-5-11(9)19-15)16-21-24-25-22-16/h1-6,19,27H,(H,20,26)(H,21,22,24,25)/b15-12-,23-14+. The first-order chi connectivity index (χ1) is 13.2. The van der Waals surface area contributed by atoms with Gasteiger partial charge in [0.1, 0.15) is 5.71 Å². The zero-order chi connectivity index (χ0) is 18.5. The van der Waals surface area contributed by atoms with Crippen LogP contribution in [0.4, 0.5) is 11.4 Å². The van der Waals surface area contributed by atoms with Crippen molar-refractivity contribution in [2.24, 2.45) is 5.16 Å². The molecule has 1 aromatic heterocycles. The quantitative estimate of drug-likeness (QED) is 0.270. The molecular formula is C17H10BrN7O2. The Hall–Kier alpha value is -3.53. The Balaban J connectivity index is 1.69. The van der Waals surface area contributed by atoms with Crippen LogP contribution in [0.2, 0.25) is 0 Å². The second-order valence-corrected chi connectivity index (χ2v) is 6.80. The number of carbonyl (C=O) groups is 1. The van der Waals surface area contributed by atoms with E-state index >= 15 is 0 Å². The minimum atomic E-state index is -0.270. The summed E-state index contributed by atoms with van der Waals surface area (Å²) in [4.78, 5) is 12.6. The Bertz CT molecular complexity index is 1170. The van der Waals surface area contributed by atoms with E-state index in [1.54, 1.807) is 6.07 Å². The first-order valence-electron chi connectivity index (χ1n) is 7.90. The van der Waals surface area contributed by atoms with E-state index in [0.29, 0.717) is 28.3 Å². The minimum absolute atomic E-state index is 0.270. The molecule has 0 spiro atoms. The molecule has 1 amide bonds. The number of nitrogens with zero attached hydrogens (tertiary/aromatic N) is 4. The molecule has 2 aromatic carbocycles. The lowest BCUT2D eigenvalue weighted by molar-refractivity contribution is -0.110. The number of halogens is 1. The Morgan fingerprint density at radius 2 is 2.00 bits per heavy atom. The van der Waals surface area contributed by atoms with Crippen LogP contribution in [0.25, 0.3) is 17.0 Å². The lowest BCUT2D eigenvalue weighted by Crippen LogP contribution is -2.12. The molecule has 132 valence electrons. The van der Waals surface area contributed by atoms with Crippen molar-refractivity contribution in [3.63, 3.8) is 0 Å². The highest BCUT2D eigenvalue weighted by Crippen LogP contribution is 2.42. The lowest BCUT2D eigenvalue weighted by Gasteiger charge is -2.05. The number of H-pyrrole nitrogens is 1. The molecule has 0 unspecified atom stereocenters. The lowest BCUT2D eigenvalue weighted by atomic mass is 10.0. The van der Waals surface area contributed by atoms with Crippen LogP contribution in [-0.4, -0.2) is 37.5 Å². The summed E-state index contributed by atoms with van der Waals surface area (Å²) in [7, 11) is 0. The number of aromatic nitrogens is 4. The Morgan fingerprint density at radius 1 is 1.11 bits per heavy atom. The maximum Gasteiger partial charge on any atom is 0.258 e. The fraction of sp³-hybridized carbons (Fsp3) is 0. The topological polar surface area (TPSA) is 128 Å². The highest BCUT2D eigenvalue weighted by Gasteiger charge is 2.35. The van der Waals surface area contributed by atoms with E-state index in [4.69, 9.17) is 0 Å². The first kappa shape index (κ1) is 15.7. The van der Waals surface area contributed by atoms with Crippen molar-refractivity contribution in [3.05, 3.63) is 57.7 Å². The summed E-state index contributed by atoms with van der Waals surface area (Å²) in [6.45, 7) is 0. The molecule has 10 heteroatoms. The summed E-state index contributed by atoms with van der Waals surface area (Å²) < 4.78 is 0.780. The summed E-state index contributed by atoms with van der Waals surface area (Å²) in [5.41, 5.74) is 4.64. The third-order valence-electron chi connectivity index (χ3n) is 4.49. The second kappa shape index (κ2) is 5.74. The van der Waals surface area contributed by atoms with Crippen LogP contribution < -0.4 is 10.6 Å². The van der Waals surface area contributed by atoms with Gasteiger partial charge in [-0.2, -0.15) is 0 Å². The van der Waals surface area contributed by atoms with Gasteiger partial charge < -0.3 is 15.8 Å². The molecule has 2 aliphatic heterocycles. The van der Waals surface area contributed by atoms with E-state index in [1.807, 2.05) is 30.3 Å². The number of para-hydroxylation sites is 1. The van der Waals surface area contributed by atoms with E-state index in [0.717, 1.165) is 21.3 Å². The summed E-state index contributed by atoms with van der Waals surface area (Å²) in [5.74, 6) is 0.220. The molecule has 3 aromatic rings. The van der Waals surface area contributed by atoms with Crippen LogP contribution in [0, 0.1) is 0 Å². The van der Waals surface area contributed by atoms with Gasteiger partial charge in [-0.1, -0.05) is 17.3 Å². The summed E-state index contributed by atoms with van der Waals surface area (Å²) in [6, 6.07) is 11.0. The number of amides is 1. The van der Waals surface area contributed by atoms with Crippen molar-refractivity contribution in [3.8, 4) is 11.4 Å². The van der Waals surface area contributed by atoms with E-state index in [1.165, 1.54) is 0 Å².